The van der Waals surface area contributed by atoms with Gasteiger partial charge in [0.05, 0.1) is 0 Å². The van der Waals surface area contributed by atoms with E-state index in [2.05, 4.69) is 50.4 Å². The van der Waals surface area contributed by atoms with E-state index in [-0.39, 0.29) is 0 Å². The van der Waals surface area contributed by atoms with Crippen molar-refractivity contribution >= 4 is 11.8 Å². The standard InChI is InChI=1S/C14H23NS/c1-4-9-15-13(3)10-16-11-14-8-6-5-7-12(14)2/h5-8,13,15H,4,9-11H2,1-3H3. The van der Waals surface area contributed by atoms with Gasteiger partial charge in [0.25, 0.3) is 0 Å². The molecule has 2 heteroatoms. The largest absolute Gasteiger partial charge is 0.313 e. The number of benzene rings is 1. The van der Waals surface area contributed by atoms with Crippen LogP contribution in [0.25, 0.3) is 0 Å². The monoisotopic (exact) mass is 237 g/mol. The number of hydrogen-bond acceptors (Lipinski definition) is 2. The highest BCUT2D eigenvalue weighted by atomic mass is 32.2. The van der Waals surface area contributed by atoms with Gasteiger partial charge < -0.3 is 5.32 Å². The summed E-state index contributed by atoms with van der Waals surface area (Å²) in [5.41, 5.74) is 2.87. The summed E-state index contributed by atoms with van der Waals surface area (Å²) >= 11 is 2.02. The molecule has 1 nitrogen and oxygen atoms in total. The minimum absolute atomic E-state index is 0.619. The fourth-order valence-electron chi connectivity index (χ4n) is 1.57. The summed E-state index contributed by atoms with van der Waals surface area (Å²) in [6.07, 6.45) is 1.22. The summed E-state index contributed by atoms with van der Waals surface area (Å²) in [5, 5.41) is 3.51. The maximum absolute atomic E-state index is 3.51. The zero-order valence-electron chi connectivity index (χ0n) is 10.6. The molecular weight excluding hydrogens is 214 g/mol. The molecule has 0 aliphatic carbocycles. The molecular formula is C14H23NS. The van der Waals surface area contributed by atoms with Gasteiger partial charge in [-0.05, 0) is 37.9 Å². The Morgan fingerprint density at radius 1 is 1.31 bits per heavy atom. The molecule has 0 saturated heterocycles. The smallest absolute Gasteiger partial charge is 0.0187 e. The third-order valence-electron chi connectivity index (χ3n) is 2.63. The van der Waals surface area contributed by atoms with Crippen molar-refractivity contribution in [2.45, 2.75) is 39.0 Å². The first-order valence-electron chi connectivity index (χ1n) is 6.09. The molecule has 0 saturated carbocycles. The van der Waals surface area contributed by atoms with E-state index in [1.54, 1.807) is 0 Å². The molecule has 1 N–H and O–H groups in total. The van der Waals surface area contributed by atoms with Crippen LogP contribution in [-0.4, -0.2) is 18.3 Å². The van der Waals surface area contributed by atoms with Crippen molar-refractivity contribution in [2.75, 3.05) is 12.3 Å². The third-order valence-corrected chi connectivity index (χ3v) is 3.88. The predicted molar refractivity (Wildman–Crippen MR) is 75.1 cm³/mol. The SMILES string of the molecule is CCCNC(C)CSCc1ccccc1C. The van der Waals surface area contributed by atoms with Gasteiger partial charge in [0.1, 0.15) is 0 Å². The first-order valence-corrected chi connectivity index (χ1v) is 7.25. The van der Waals surface area contributed by atoms with Crippen LogP contribution in [0.1, 0.15) is 31.4 Å². The molecule has 0 aromatic heterocycles. The lowest BCUT2D eigenvalue weighted by atomic mass is 10.1. The molecule has 0 aliphatic heterocycles. The Hall–Kier alpha value is -0.470. The molecule has 1 rings (SSSR count). The second-order valence-corrected chi connectivity index (χ2v) is 5.33. The van der Waals surface area contributed by atoms with Gasteiger partial charge in [0, 0.05) is 17.5 Å². The molecule has 0 radical (unpaired) electrons. The number of nitrogens with one attached hydrogen (secondary N) is 1. The molecule has 0 bridgehead atoms. The summed E-state index contributed by atoms with van der Waals surface area (Å²) in [7, 11) is 0. The molecule has 0 fully saturated rings. The van der Waals surface area contributed by atoms with Gasteiger partial charge in [-0.3, -0.25) is 0 Å². The van der Waals surface area contributed by atoms with Crippen LogP contribution in [0.4, 0.5) is 0 Å². The van der Waals surface area contributed by atoms with Crippen LogP contribution in [0.2, 0.25) is 0 Å². The summed E-state index contributed by atoms with van der Waals surface area (Å²) in [6.45, 7) is 7.79. The molecule has 1 unspecified atom stereocenters. The third kappa shape index (κ3) is 5.04. The maximum atomic E-state index is 3.51. The number of aryl methyl sites for hydroxylation is 1. The molecule has 90 valence electrons. The van der Waals surface area contributed by atoms with Crippen LogP contribution in [0, 0.1) is 6.92 Å². The summed E-state index contributed by atoms with van der Waals surface area (Å²) in [5.74, 6) is 2.32. The summed E-state index contributed by atoms with van der Waals surface area (Å²) < 4.78 is 0. The van der Waals surface area contributed by atoms with Gasteiger partial charge in [-0.2, -0.15) is 11.8 Å². The van der Waals surface area contributed by atoms with Crippen molar-refractivity contribution in [1.29, 1.82) is 0 Å². The highest BCUT2D eigenvalue weighted by Gasteiger charge is 2.02. The van der Waals surface area contributed by atoms with Crippen molar-refractivity contribution in [3.8, 4) is 0 Å². The van der Waals surface area contributed by atoms with Crippen molar-refractivity contribution in [1.82, 2.24) is 5.32 Å². The Balaban J connectivity index is 2.23. The van der Waals surface area contributed by atoms with E-state index < -0.39 is 0 Å². The molecule has 1 atom stereocenters. The molecule has 1 aromatic rings. The topological polar surface area (TPSA) is 12.0 Å². The lowest BCUT2D eigenvalue weighted by Crippen LogP contribution is -2.28. The van der Waals surface area contributed by atoms with Gasteiger partial charge in [0.2, 0.25) is 0 Å². The van der Waals surface area contributed by atoms with Crippen LogP contribution >= 0.6 is 11.8 Å². The normalized spacial score (nSPS) is 12.7. The molecule has 0 amide bonds. The molecule has 1 aromatic carbocycles. The van der Waals surface area contributed by atoms with Crippen molar-refractivity contribution in [2.24, 2.45) is 0 Å². The fraction of sp³-hybridized carbons (Fsp3) is 0.571. The van der Waals surface area contributed by atoms with Crippen molar-refractivity contribution in [3.05, 3.63) is 35.4 Å². The van der Waals surface area contributed by atoms with Gasteiger partial charge in [0.15, 0.2) is 0 Å². The van der Waals surface area contributed by atoms with E-state index in [1.165, 1.54) is 23.3 Å². The molecule has 0 heterocycles. The van der Waals surface area contributed by atoms with E-state index in [9.17, 15) is 0 Å². The predicted octanol–water partition coefficient (Wildman–Crippen LogP) is 3.62. The number of thioether (sulfide) groups is 1. The molecule has 0 aliphatic rings. The Kier molecular flexibility index (Phi) is 6.58. The van der Waals surface area contributed by atoms with Crippen LogP contribution in [0.15, 0.2) is 24.3 Å². The van der Waals surface area contributed by atoms with E-state index in [1.807, 2.05) is 11.8 Å². The van der Waals surface area contributed by atoms with Gasteiger partial charge in [-0.15, -0.1) is 0 Å². The van der Waals surface area contributed by atoms with Crippen LogP contribution in [0.5, 0.6) is 0 Å². The summed E-state index contributed by atoms with van der Waals surface area (Å²) in [4.78, 5) is 0. The zero-order chi connectivity index (χ0) is 11.8. The molecule has 0 spiro atoms. The van der Waals surface area contributed by atoms with Gasteiger partial charge in [-0.1, -0.05) is 31.2 Å². The summed E-state index contributed by atoms with van der Waals surface area (Å²) in [6, 6.07) is 9.27. The average Bonchev–Trinajstić information content (AvgIpc) is 2.29. The fourth-order valence-corrected chi connectivity index (χ4v) is 2.70. The van der Waals surface area contributed by atoms with E-state index >= 15 is 0 Å². The van der Waals surface area contributed by atoms with Crippen LogP contribution < -0.4 is 5.32 Å². The quantitative estimate of drug-likeness (QED) is 0.777. The molecule has 16 heavy (non-hydrogen) atoms. The lowest BCUT2D eigenvalue weighted by Gasteiger charge is -2.13. The Labute approximate surface area is 104 Å². The highest BCUT2D eigenvalue weighted by molar-refractivity contribution is 7.98. The minimum atomic E-state index is 0.619. The van der Waals surface area contributed by atoms with Gasteiger partial charge >= 0.3 is 0 Å². The average molecular weight is 237 g/mol. The number of rotatable bonds is 7. The van der Waals surface area contributed by atoms with Crippen molar-refractivity contribution < 1.29 is 0 Å². The first-order chi connectivity index (χ1) is 7.74. The van der Waals surface area contributed by atoms with E-state index in [0.717, 1.165) is 12.3 Å². The van der Waals surface area contributed by atoms with Crippen LogP contribution in [0.3, 0.4) is 0 Å². The second-order valence-electron chi connectivity index (χ2n) is 4.30. The lowest BCUT2D eigenvalue weighted by molar-refractivity contribution is 0.590. The van der Waals surface area contributed by atoms with Gasteiger partial charge in [-0.25, -0.2) is 0 Å². The first kappa shape index (κ1) is 13.6. The van der Waals surface area contributed by atoms with E-state index in [0.29, 0.717) is 6.04 Å². The van der Waals surface area contributed by atoms with Crippen LogP contribution in [-0.2, 0) is 5.75 Å². The maximum Gasteiger partial charge on any atom is 0.0187 e. The second kappa shape index (κ2) is 7.75. The van der Waals surface area contributed by atoms with E-state index in [4.69, 9.17) is 0 Å². The van der Waals surface area contributed by atoms with Crippen molar-refractivity contribution in [3.63, 3.8) is 0 Å². The Bertz CT molecular complexity index is 299. The number of hydrogen-bond donors (Lipinski definition) is 1. The zero-order valence-corrected chi connectivity index (χ0v) is 11.4. The minimum Gasteiger partial charge on any atom is -0.313 e. The Morgan fingerprint density at radius 2 is 2.06 bits per heavy atom. The Morgan fingerprint density at radius 3 is 2.75 bits per heavy atom. The highest BCUT2D eigenvalue weighted by Crippen LogP contribution is 2.16.